The number of nitro groups is 1. The summed E-state index contributed by atoms with van der Waals surface area (Å²) < 4.78 is 13.5. The van der Waals surface area contributed by atoms with Gasteiger partial charge >= 0.3 is 0 Å². The molecule has 90 valence electrons. The van der Waals surface area contributed by atoms with E-state index in [0.29, 0.717) is 0 Å². The fraction of sp³-hybridized carbons (Fsp3) is 0.300. The van der Waals surface area contributed by atoms with E-state index in [2.05, 4.69) is 5.32 Å². The molecule has 0 aliphatic heterocycles. The molecule has 3 N–H and O–H groups in total. The second-order valence-corrected chi connectivity index (χ2v) is 3.86. The Hall–Kier alpha value is -2.18. The SMILES string of the molecule is Nc1c([N+](=O)[O-])ccc(F)c1C(=O)NC1CC1. The van der Waals surface area contributed by atoms with Gasteiger partial charge in [-0.15, -0.1) is 0 Å². The predicted molar refractivity (Wildman–Crippen MR) is 58.0 cm³/mol. The molecule has 1 aliphatic carbocycles. The maximum absolute atomic E-state index is 13.5. The zero-order valence-corrected chi connectivity index (χ0v) is 8.77. The van der Waals surface area contributed by atoms with Gasteiger partial charge < -0.3 is 11.1 Å². The molecule has 0 spiro atoms. The van der Waals surface area contributed by atoms with Crippen molar-refractivity contribution in [3.8, 4) is 0 Å². The van der Waals surface area contributed by atoms with E-state index in [1.54, 1.807) is 0 Å². The molecule has 0 aromatic heterocycles. The van der Waals surface area contributed by atoms with Crippen molar-refractivity contribution in [1.29, 1.82) is 0 Å². The minimum absolute atomic E-state index is 0.0283. The smallest absolute Gasteiger partial charge is 0.293 e. The Morgan fingerprint density at radius 3 is 2.71 bits per heavy atom. The number of nitrogens with one attached hydrogen (secondary N) is 1. The number of nitrogens with two attached hydrogens (primary N) is 1. The molecule has 1 amide bonds. The highest BCUT2D eigenvalue weighted by Crippen LogP contribution is 2.28. The van der Waals surface area contributed by atoms with Gasteiger partial charge in [0.05, 0.1) is 4.92 Å². The molecule has 0 radical (unpaired) electrons. The van der Waals surface area contributed by atoms with Crippen LogP contribution in [0.2, 0.25) is 0 Å². The van der Waals surface area contributed by atoms with Crippen LogP contribution in [0.25, 0.3) is 0 Å². The number of nitro benzene ring substituents is 1. The first-order valence-corrected chi connectivity index (χ1v) is 5.04. The third-order valence-corrected chi connectivity index (χ3v) is 2.51. The van der Waals surface area contributed by atoms with Crippen molar-refractivity contribution in [2.75, 3.05) is 5.73 Å². The molecule has 1 aromatic carbocycles. The molecule has 7 heteroatoms. The Morgan fingerprint density at radius 2 is 2.18 bits per heavy atom. The van der Waals surface area contributed by atoms with E-state index in [1.807, 2.05) is 0 Å². The van der Waals surface area contributed by atoms with Crippen LogP contribution in [-0.4, -0.2) is 16.9 Å². The number of rotatable bonds is 3. The summed E-state index contributed by atoms with van der Waals surface area (Å²) >= 11 is 0. The number of nitrogens with zero attached hydrogens (tertiary/aromatic N) is 1. The molecule has 1 saturated carbocycles. The van der Waals surface area contributed by atoms with Gasteiger partial charge in [-0.25, -0.2) is 4.39 Å². The number of hydrogen-bond donors (Lipinski definition) is 2. The molecule has 0 unspecified atom stereocenters. The molecule has 17 heavy (non-hydrogen) atoms. The van der Waals surface area contributed by atoms with Crippen molar-refractivity contribution in [1.82, 2.24) is 5.32 Å². The van der Waals surface area contributed by atoms with Crippen molar-refractivity contribution in [2.24, 2.45) is 0 Å². The Morgan fingerprint density at radius 1 is 1.53 bits per heavy atom. The Bertz CT molecular complexity index is 500. The number of nitrogen functional groups attached to an aromatic ring is 1. The first kappa shape index (κ1) is 11.3. The third kappa shape index (κ3) is 2.17. The standard InChI is InChI=1S/C10H10FN3O3/c11-6-3-4-7(14(16)17)9(12)8(6)10(15)13-5-1-2-5/h3-5H,1-2,12H2,(H,13,15). The second kappa shape index (κ2) is 4.00. The molecule has 6 nitrogen and oxygen atoms in total. The van der Waals surface area contributed by atoms with Crippen molar-refractivity contribution >= 4 is 17.3 Å². The molecule has 1 fully saturated rings. The topological polar surface area (TPSA) is 98.3 Å². The number of amides is 1. The van der Waals surface area contributed by atoms with Crippen molar-refractivity contribution in [2.45, 2.75) is 18.9 Å². The van der Waals surface area contributed by atoms with Gasteiger partial charge in [-0.2, -0.15) is 0 Å². The Kier molecular flexibility index (Phi) is 2.66. The summed E-state index contributed by atoms with van der Waals surface area (Å²) in [6.07, 6.45) is 1.67. The number of hydrogen-bond acceptors (Lipinski definition) is 4. The summed E-state index contributed by atoms with van der Waals surface area (Å²) in [5, 5.41) is 13.2. The number of halogens is 1. The predicted octanol–water partition coefficient (Wildman–Crippen LogP) is 1.21. The Balaban J connectivity index is 2.39. The highest BCUT2D eigenvalue weighted by Gasteiger charge is 2.28. The van der Waals surface area contributed by atoms with Crippen LogP contribution < -0.4 is 11.1 Å². The molecule has 1 aromatic rings. The van der Waals surface area contributed by atoms with Crippen LogP contribution in [-0.2, 0) is 0 Å². The van der Waals surface area contributed by atoms with Crippen LogP contribution >= 0.6 is 0 Å². The monoisotopic (exact) mass is 239 g/mol. The van der Waals surface area contributed by atoms with Gasteiger partial charge in [0.2, 0.25) is 0 Å². The van der Waals surface area contributed by atoms with E-state index in [4.69, 9.17) is 5.73 Å². The van der Waals surface area contributed by atoms with E-state index in [0.717, 1.165) is 25.0 Å². The van der Waals surface area contributed by atoms with Crippen LogP contribution in [0.5, 0.6) is 0 Å². The summed E-state index contributed by atoms with van der Waals surface area (Å²) in [6.45, 7) is 0. The van der Waals surface area contributed by atoms with Crippen molar-refractivity contribution in [3.05, 3.63) is 33.6 Å². The van der Waals surface area contributed by atoms with E-state index in [9.17, 15) is 19.3 Å². The van der Waals surface area contributed by atoms with Crippen LogP contribution in [0.4, 0.5) is 15.8 Å². The molecule has 0 atom stereocenters. The van der Waals surface area contributed by atoms with Crippen LogP contribution in [0.15, 0.2) is 12.1 Å². The summed E-state index contributed by atoms with van der Waals surface area (Å²) in [5.41, 5.74) is 4.08. The zero-order chi connectivity index (χ0) is 12.6. The molecule has 2 rings (SSSR count). The Labute approximate surface area is 95.8 Å². The molecular weight excluding hydrogens is 229 g/mol. The maximum atomic E-state index is 13.5. The van der Waals surface area contributed by atoms with Crippen LogP contribution in [0.3, 0.4) is 0 Å². The van der Waals surface area contributed by atoms with E-state index in [-0.39, 0.29) is 6.04 Å². The largest absolute Gasteiger partial charge is 0.392 e. The summed E-state index contributed by atoms with van der Waals surface area (Å²) in [4.78, 5) is 21.5. The lowest BCUT2D eigenvalue weighted by atomic mass is 10.1. The molecule has 0 heterocycles. The lowest BCUT2D eigenvalue weighted by Crippen LogP contribution is -2.27. The highest BCUT2D eigenvalue weighted by molar-refractivity contribution is 6.01. The number of carbonyl (C=O) groups is 1. The normalized spacial score (nSPS) is 14.4. The van der Waals surface area contributed by atoms with E-state index in [1.165, 1.54) is 0 Å². The number of benzene rings is 1. The summed E-state index contributed by atoms with van der Waals surface area (Å²) in [6, 6.07) is 1.84. The second-order valence-electron chi connectivity index (χ2n) is 3.86. The van der Waals surface area contributed by atoms with Gasteiger partial charge in [-0.05, 0) is 18.9 Å². The van der Waals surface area contributed by atoms with Gasteiger partial charge in [-0.3, -0.25) is 14.9 Å². The van der Waals surface area contributed by atoms with Gasteiger partial charge in [0.25, 0.3) is 11.6 Å². The summed E-state index contributed by atoms with van der Waals surface area (Å²) in [7, 11) is 0. The fourth-order valence-corrected chi connectivity index (χ4v) is 1.46. The van der Waals surface area contributed by atoms with Crippen molar-refractivity contribution in [3.63, 3.8) is 0 Å². The number of anilines is 1. The first-order valence-electron chi connectivity index (χ1n) is 5.04. The first-order chi connectivity index (χ1) is 8.00. The minimum Gasteiger partial charge on any atom is -0.392 e. The zero-order valence-electron chi connectivity index (χ0n) is 8.77. The van der Waals surface area contributed by atoms with Gasteiger partial charge in [0.1, 0.15) is 17.1 Å². The molecule has 0 saturated heterocycles. The van der Waals surface area contributed by atoms with E-state index < -0.39 is 33.6 Å². The quantitative estimate of drug-likeness (QED) is 0.470. The number of carbonyl (C=O) groups excluding carboxylic acids is 1. The molecule has 1 aliphatic rings. The van der Waals surface area contributed by atoms with E-state index >= 15 is 0 Å². The molecule has 0 bridgehead atoms. The third-order valence-electron chi connectivity index (χ3n) is 2.51. The lowest BCUT2D eigenvalue weighted by Gasteiger charge is -2.07. The maximum Gasteiger partial charge on any atom is 0.293 e. The fourth-order valence-electron chi connectivity index (χ4n) is 1.46. The molecular formula is C10H10FN3O3. The van der Waals surface area contributed by atoms with Gasteiger partial charge in [0, 0.05) is 12.1 Å². The van der Waals surface area contributed by atoms with Crippen molar-refractivity contribution < 1.29 is 14.1 Å². The average molecular weight is 239 g/mol. The average Bonchev–Trinajstić information content (AvgIpc) is 3.00. The minimum atomic E-state index is -0.855. The van der Waals surface area contributed by atoms with Crippen LogP contribution in [0.1, 0.15) is 23.2 Å². The van der Waals surface area contributed by atoms with Gasteiger partial charge in [-0.1, -0.05) is 0 Å². The van der Waals surface area contributed by atoms with Gasteiger partial charge in [0.15, 0.2) is 0 Å². The van der Waals surface area contributed by atoms with Crippen LogP contribution in [0, 0.1) is 15.9 Å². The summed E-state index contributed by atoms with van der Waals surface area (Å²) in [5.74, 6) is -1.56. The lowest BCUT2D eigenvalue weighted by molar-refractivity contribution is -0.384. The highest BCUT2D eigenvalue weighted by atomic mass is 19.1.